The van der Waals surface area contributed by atoms with Gasteiger partial charge in [0.25, 0.3) is 0 Å². The first kappa shape index (κ1) is 6.09. The van der Waals surface area contributed by atoms with E-state index < -0.39 is 0 Å². The zero-order valence-corrected chi connectivity index (χ0v) is 5.88. The molecule has 0 saturated carbocycles. The smallest absolute Gasteiger partial charge is 0.139 e. The number of fused-ring (bicyclic) bond motifs is 1. The summed E-state index contributed by atoms with van der Waals surface area (Å²) in [6, 6.07) is 0. The molecule has 3 heteroatoms. The van der Waals surface area contributed by atoms with Gasteiger partial charge in [0.05, 0.1) is 0 Å². The van der Waals surface area contributed by atoms with Crippen molar-refractivity contribution in [3.05, 3.63) is 36.8 Å². The van der Waals surface area contributed by atoms with Gasteiger partial charge in [-0.15, -0.1) is 0 Å². The fourth-order valence-electron chi connectivity index (χ4n) is 0.901. The molecular formula is C8H7N3. The van der Waals surface area contributed by atoms with Crippen molar-refractivity contribution in [1.29, 1.82) is 0 Å². The maximum Gasteiger partial charge on any atom is 0.139 e. The van der Waals surface area contributed by atoms with E-state index >= 15 is 0 Å². The maximum absolute atomic E-state index is 4.17. The molecule has 0 fully saturated rings. The average Bonchev–Trinajstić information content (AvgIpc) is 2.28. The number of rotatable bonds is 0. The third-order valence-corrected chi connectivity index (χ3v) is 1.42. The number of nitrogens with zero attached hydrogens (tertiary/aromatic N) is 3. The minimum absolute atomic E-state index is 0.894. The molecule has 0 saturated heterocycles. The Morgan fingerprint density at radius 1 is 1.18 bits per heavy atom. The highest BCUT2D eigenvalue weighted by Gasteiger charge is 2.04. The van der Waals surface area contributed by atoms with Crippen molar-refractivity contribution >= 4 is 12.2 Å². The van der Waals surface area contributed by atoms with E-state index in [0.717, 1.165) is 5.84 Å². The highest BCUT2D eigenvalue weighted by atomic mass is 15.2. The van der Waals surface area contributed by atoms with Crippen molar-refractivity contribution in [3.63, 3.8) is 0 Å². The lowest BCUT2D eigenvalue weighted by Crippen LogP contribution is -2.23. The van der Waals surface area contributed by atoms with Gasteiger partial charge in [-0.25, -0.2) is 9.98 Å². The number of aliphatic imine (C=N–C) groups is 2. The summed E-state index contributed by atoms with van der Waals surface area (Å²) in [5.41, 5.74) is 0. The van der Waals surface area contributed by atoms with Crippen LogP contribution in [0.2, 0.25) is 0 Å². The summed E-state index contributed by atoms with van der Waals surface area (Å²) in [6.45, 7) is 0. The molecule has 0 aromatic carbocycles. The molecule has 2 aliphatic rings. The Bertz CT molecular complexity index is 294. The SMILES string of the molecule is C1=CN=C2C=CN=CN2C=C1. The van der Waals surface area contributed by atoms with Crippen molar-refractivity contribution in [2.45, 2.75) is 0 Å². The topological polar surface area (TPSA) is 28.0 Å². The fourth-order valence-corrected chi connectivity index (χ4v) is 0.901. The maximum atomic E-state index is 4.17. The molecule has 54 valence electrons. The van der Waals surface area contributed by atoms with Gasteiger partial charge < -0.3 is 0 Å². The van der Waals surface area contributed by atoms with Gasteiger partial charge in [0.1, 0.15) is 12.2 Å². The van der Waals surface area contributed by atoms with Gasteiger partial charge in [0, 0.05) is 18.6 Å². The van der Waals surface area contributed by atoms with Crippen LogP contribution < -0.4 is 0 Å². The molecule has 3 nitrogen and oxygen atoms in total. The van der Waals surface area contributed by atoms with E-state index in [1.54, 1.807) is 18.7 Å². The van der Waals surface area contributed by atoms with Crippen LogP contribution in [-0.4, -0.2) is 17.1 Å². The lowest BCUT2D eigenvalue weighted by molar-refractivity contribution is 0.854. The van der Waals surface area contributed by atoms with Crippen LogP contribution in [0, 0.1) is 0 Å². The third kappa shape index (κ3) is 1.12. The molecule has 0 amide bonds. The molecule has 0 spiro atoms. The Labute approximate surface area is 64.8 Å². The number of allylic oxidation sites excluding steroid dienone is 2. The second-order valence-corrected chi connectivity index (χ2v) is 2.16. The molecular weight excluding hydrogens is 138 g/mol. The van der Waals surface area contributed by atoms with Crippen molar-refractivity contribution < 1.29 is 0 Å². The molecule has 2 aliphatic heterocycles. The summed E-state index contributed by atoms with van der Waals surface area (Å²) in [5.74, 6) is 0.894. The Morgan fingerprint density at radius 3 is 3.18 bits per heavy atom. The molecule has 2 rings (SSSR count). The van der Waals surface area contributed by atoms with Gasteiger partial charge in [-0.2, -0.15) is 0 Å². The predicted molar refractivity (Wildman–Crippen MR) is 45.2 cm³/mol. The van der Waals surface area contributed by atoms with E-state index in [1.807, 2.05) is 29.3 Å². The summed E-state index contributed by atoms with van der Waals surface area (Å²) in [4.78, 5) is 9.99. The Kier molecular flexibility index (Phi) is 1.41. The minimum atomic E-state index is 0.894. The van der Waals surface area contributed by atoms with E-state index in [0.29, 0.717) is 0 Å². The molecule has 0 aliphatic carbocycles. The first-order chi connectivity index (χ1) is 5.47. The van der Waals surface area contributed by atoms with Crippen LogP contribution in [0.5, 0.6) is 0 Å². The molecule has 0 aromatic heterocycles. The molecule has 0 aromatic rings. The van der Waals surface area contributed by atoms with Crippen LogP contribution in [0.15, 0.2) is 46.8 Å². The minimum Gasteiger partial charge on any atom is -0.292 e. The van der Waals surface area contributed by atoms with Gasteiger partial charge in [-0.05, 0) is 18.2 Å². The van der Waals surface area contributed by atoms with Gasteiger partial charge in [-0.1, -0.05) is 0 Å². The number of hydrogen-bond donors (Lipinski definition) is 0. The second-order valence-electron chi connectivity index (χ2n) is 2.16. The van der Waals surface area contributed by atoms with Crippen LogP contribution in [0.3, 0.4) is 0 Å². The Morgan fingerprint density at radius 2 is 2.18 bits per heavy atom. The van der Waals surface area contributed by atoms with Crippen LogP contribution in [0.1, 0.15) is 0 Å². The van der Waals surface area contributed by atoms with Crippen molar-refractivity contribution in [1.82, 2.24) is 4.90 Å². The summed E-state index contributed by atoms with van der Waals surface area (Å²) in [6.07, 6.45) is 12.8. The summed E-state index contributed by atoms with van der Waals surface area (Å²) >= 11 is 0. The van der Waals surface area contributed by atoms with Gasteiger partial charge in [-0.3, -0.25) is 4.90 Å². The van der Waals surface area contributed by atoms with Crippen LogP contribution in [0.4, 0.5) is 0 Å². The highest BCUT2D eigenvalue weighted by molar-refractivity contribution is 6.02. The second kappa shape index (κ2) is 2.54. The van der Waals surface area contributed by atoms with Crippen molar-refractivity contribution in [2.75, 3.05) is 0 Å². The van der Waals surface area contributed by atoms with E-state index in [1.165, 1.54) is 0 Å². The van der Waals surface area contributed by atoms with Crippen molar-refractivity contribution in [2.24, 2.45) is 9.98 Å². The van der Waals surface area contributed by atoms with Crippen LogP contribution >= 0.6 is 0 Å². The van der Waals surface area contributed by atoms with E-state index in [9.17, 15) is 0 Å². The number of hydrogen-bond acceptors (Lipinski definition) is 3. The standard InChI is InChI=1S/C8H7N3/c1-2-6-11-7-9-5-3-8(11)10-4-1/h1-7H. The number of amidine groups is 1. The highest BCUT2D eigenvalue weighted by Crippen LogP contribution is 2.02. The summed E-state index contributed by atoms with van der Waals surface area (Å²) in [5, 5.41) is 0. The quantitative estimate of drug-likeness (QED) is 0.504. The molecule has 0 radical (unpaired) electrons. The normalized spacial score (nSPS) is 19.6. The zero-order chi connectivity index (χ0) is 7.52. The molecule has 0 unspecified atom stereocenters. The van der Waals surface area contributed by atoms with E-state index in [4.69, 9.17) is 0 Å². The lowest BCUT2D eigenvalue weighted by atomic mass is 10.4. The van der Waals surface area contributed by atoms with Gasteiger partial charge in [0.15, 0.2) is 0 Å². The predicted octanol–water partition coefficient (Wildman–Crippen LogP) is 1.28. The largest absolute Gasteiger partial charge is 0.292 e. The van der Waals surface area contributed by atoms with E-state index in [-0.39, 0.29) is 0 Å². The van der Waals surface area contributed by atoms with Crippen LogP contribution in [0.25, 0.3) is 0 Å². The lowest BCUT2D eigenvalue weighted by Gasteiger charge is -2.14. The molecule has 0 atom stereocenters. The third-order valence-electron chi connectivity index (χ3n) is 1.42. The van der Waals surface area contributed by atoms with Crippen molar-refractivity contribution in [3.8, 4) is 0 Å². The van der Waals surface area contributed by atoms with Crippen LogP contribution in [-0.2, 0) is 0 Å². The zero-order valence-electron chi connectivity index (χ0n) is 5.88. The molecule has 2 heterocycles. The Balaban J connectivity index is 2.39. The van der Waals surface area contributed by atoms with Gasteiger partial charge >= 0.3 is 0 Å². The first-order valence-electron chi connectivity index (χ1n) is 3.36. The molecule has 11 heavy (non-hydrogen) atoms. The Hall–Kier alpha value is -1.64. The molecule has 0 N–H and O–H groups in total. The fraction of sp³-hybridized carbons (Fsp3) is 0. The first-order valence-corrected chi connectivity index (χ1v) is 3.36. The molecule has 0 bridgehead atoms. The van der Waals surface area contributed by atoms with E-state index in [2.05, 4.69) is 9.98 Å². The van der Waals surface area contributed by atoms with Gasteiger partial charge in [0.2, 0.25) is 0 Å². The average molecular weight is 145 g/mol. The monoisotopic (exact) mass is 145 g/mol. The summed E-state index contributed by atoms with van der Waals surface area (Å²) < 4.78 is 0. The summed E-state index contributed by atoms with van der Waals surface area (Å²) in [7, 11) is 0.